The van der Waals surface area contributed by atoms with Gasteiger partial charge in [0.1, 0.15) is 12.3 Å². The van der Waals surface area contributed by atoms with E-state index in [0.29, 0.717) is 29.4 Å². The minimum atomic E-state index is -0.0845. The highest BCUT2D eigenvalue weighted by Gasteiger charge is 2.17. The minimum absolute atomic E-state index is 0.0845. The first-order chi connectivity index (χ1) is 14.7. The van der Waals surface area contributed by atoms with Crippen molar-refractivity contribution in [3.63, 3.8) is 0 Å². The van der Waals surface area contributed by atoms with Crippen LogP contribution in [0, 0.1) is 0 Å². The zero-order valence-electron chi connectivity index (χ0n) is 16.4. The molecule has 0 spiro atoms. The summed E-state index contributed by atoms with van der Waals surface area (Å²) in [5.74, 6) is 2.30. The Labute approximate surface area is 170 Å². The Hall–Kier alpha value is -4.08. The van der Waals surface area contributed by atoms with Crippen molar-refractivity contribution < 1.29 is 4.74 Å². The summed E-state index contributed by atoms with van der Waals surface area (Å²) in [7, 11) is 1.61. The average molecular weight is 402 g/mol. The second-order valence-corrected chi connectivity index (χ2v) is 6.69. The van der Waals surface area contributed by atoms with E-state index in [2.05, 4.69) is 25.6 Å². The largest absolute Gasteiger partial charge is 0.497 e. The number of rotatable bonds is 5. The van der Waals surface area contributed by atoms with Crippen LogP contribution in [0.15, 0.2) is 53.3 Å². The highest BCUT2D eigenvalue weighted by Crippen LogP contribution is 2.20. The third kappa shape index (κ3) is 2.81. The number of methoxy groups -OCH3 is 1. The summed E-state index contributed by atoms with van der Waals surface area (Å²) < 4.78 is 8.73. The molecule has 0 saturated carbocycles. The van der Waals surface area contributed by atoms with E-state index in [-0.39, 0.29) is 12.1 Å². The number of para-hydroxylation sites is 1. The third-order valence-corrected chi connectivity index (χ3v) is 4.95. The highest BCUT2D eigenvalue weighted by molar-refractivity contribution is 5.80. The topological polar surface area (TPSA) is 105 Å². The summed E-state index contributed by atoms with van der Waals surface area (Å²) in [5.41, 5.74) is 1.46. The normalized spacial score (nSPS) is 11.4. The van der Waals surface area contributed by atoms with Crippen molar-refractivity contribution in [2.45, 2.75) is 20.0 Å². The molecule has 0 N–H and O–H groups in total. The predicted octanol–water partition coefficient (Wildman–Crippen LogP) is 1.77. The van der Waals surface area contributed by atoms with Crippen LogP contribution in [0.1, 0.15) is 12.7 Å². The van der Waals surface area contributed by atoms with Crippen molar-refractivity contribution in [2.75, 3.05) is 7.11 Å². The molecule has 150 valence electrons. The Bertz CT molecular complexity index is 1430. The van der Waals surface area contributed by atoms with E-state index in [0.717, 1.165) is 16.8 Å². The van der Waals surface area contributed by atoms with Crippen LogP contribution < -0.4 is 10.3 Å². The first-order valence-corrected chi connectivity index (χ1v) is 9.47. The standard InChI is InChI=1S/C20H18N8O2/c1-3-26-19(29)15-9-4-5-10-16(15)28-17(21-23-20(26)28)12-27-24-18(22-25-27)13-7-6-8-14(11-13)30-2/h4-11H,3,12H2,1-2H3. The maximum absolute atomic E-state index is 12.8. The zero-order valence-corrected chi connectivity index (χ0v) is 16.4. The lowest BCUT2D eigenvalue weighted by Gasteiger charge is -2.09. The van der Waals surface area contributed by atoms with Crippen LogP contribution in [-0.2, 0) is 13.1 Å². The molecule has 0 saturated heterocycles. The van der Waals surface area contributed by atoms with Gasteiger partial charge in [-0.2, -0.15) is 4.80 Å². The average Bonchev–Trinajstić information content (AvgIpc) is 3.42. The molecule has 3 aromatic heterocycles. The number of ether oxygens (including phenoxy) is 1. The van der Waals surface area contributed by atoms with Crippen molar-refractivity contribution in [1.29, 1.82) is 0 Å². The number of benzene rings is 2. The van der Waals surface area contributed by atoms with Crippen LogP contribution in [0.5, 0.6) is 5.75 Å². The van der Waals surface area contributed by atoms with Crippen LogP contribution >= 0.6 is 0 Å². The van der Waals surface area contributed by atoms with Crippen molar-refractivity contribution >= 4 is 16.7 Å². The fourth-order valence-corrected chi connectivity index (χ4v) is 3.52. The summed E-state index contributed by atoms with van der Waals surface area (Å²) in [6, 6.07) is 14.9. The van der Waals surface area contributed by atoms with Gasteiger partial charge < -0.3 is 4.74 Å². The van der Waals surface area contributed by atoms with Gasteiger partial charge in [-0.15, -0.1) is 20.4 Å². The summed E-state index contributed by atoms with van der Waals surface area (Å²) in [5, 5.41) is 21.9. The highest BCUT2D eigenvalue weighted by atomic mass is 16.5. The van der Waals surface area contributed by atoms with Gasteiger partial charge in [0.2, 0.25) is 11.6 Å². The first kappa shape index (κ1) is 18.0. The Balaban J connectivity index is 1.59. The maximum atomic E-state index is 12.8. The molecule has 30 heavy (non-hydrogen) atoms. The molecular formula is C20H18N8O2. The van der Waals surface area contributed by atoms with E-state index in [1.807, 2.05) is 59.9 Å². The summed E-state index contributed by atoms with van der Waals surface area (Å²) in [6.07, 6.45) is 0. The van der Waals surface area contributed by atoms with Crippen LogP contribution in [0.4, 0.5) is 0 Å². The van der Waals surface area contributed by atoms with Gasteiger partial charge in [-0.05, 0) is 36.4 Å². The Morgan fingerprint density at radius 1 is 1.03 bits per heavy atom. The maximum Gasteiger partial charge on any atom is 0.262 e. The smallest absolute Gasteiger partial charge is 0.262 e. The van der Waals surface area contributed by atoms with Gasteiger partial charge in [0.05, 0.1) is 18.0 Å². The molecule has 0 fully saturated rings. The second-order valence-electron chi connectivity index (χ2n) is 6.69. The molecule has 0 aliphatic rings. The van der Waals surface area contributed by atoms with Crippen LogP contribution in [0.25, 0.3) is 28.1 Å². The Morgan fingerprint density at radius 3 is 2.73 bits per heavy atom. The minimum Gasteiger partial charge on any atom is -0.497 e. The van der Waals surface area contributed by atoms with E-state index in [1.165, 1.54) is 4.80 Å². The molecular weight excluding hydrogens is 384 g/mol. The molecule has 3 heterocycles. The van der Waals surface area contributed by atoms with Gasteiger partial charge in [-0.1, -0.05) is 24.3 Å². The molecule has 0 unspecified atom stereocenters. The van der Waals surface area contributed by atoms with Gasteiger partial charge >= 0.3 is 0 Å². The monoisotopic (exact) mass is 402 g/mol. The van der Waals surface area contributed by atoms with E-state index in [4.69, 9.17) is 4.74 Å². The van der Waals surface area contributed by atoms with Crippen LogP contribution in [0.2, 0.25) is 0 Å². The fourth-order valence-electron chi connectivity index (χ4n) is 3.52. The van der Waals surface area contributed by atoms with Crippen molar-refractivity contribution in [3.8, 4) is 17.1 Å². The molecule has 0 radical (unpaired) electrons. The van der Waals surface area contributed by atoms with E-state index in [1.54, 1.807) is 11.7 Å². The van der Waals surface area contributed by atoms with Crippen molar-refractivity contribution in [2.24, 2.45) is 0 Å². The van der Waals surface area contributed by atoms with Gasteiger partial charge in [0.25, 0.3) is 5.56 Å². The van der Waals surface area contributed by atoms with E-state index in [9.17, 15) is 4.79 Å². The number of hydrogen-bond acceptors (Lipinski definition) is 7. The second kappa shape index (κ2) is 7.07. The first-order valence-electron chi connectivity index (χ1n) is 9.47. The molecule has 2 aromatic carbocycles. The van der Waals surface area contributed by atoms with Crippen LogP contribution in [0.3, 0.4) is 0 Å². The van der Waals surface area contributed by atoms with Crippen LogP contribution in [-0.4, -0.2) is 46.5 Å². The van der Waals surface area contributed by atoms with E-state index >= 15 is 0 Å². The van der Waals surface area contributed by atoms with Gasteiger partial charge in [-0.3, -0.25) is 13.8 Å². The summed E-state index contributed by atoms with van der Waals surface area (Å²) in [4.78, 5) is 14.2. The van der Waals surface area contributed by atoms with Crippen molar-refractivity contribution in [3.05, 3.63) is 64.7 Å². The van der Waals surface area contributed by atoms with Crippen molar-refractivity contribution in [1.82, 2.24) is 39.4 Å². The number of nitrogens with zero attached hydrogens (tertiary/aromatic N) is 8. The number of tetrazole rings is 1. The third-order valence-electron chi connectivity index (χ3n) is 4.95. The number of hydrogen-bond donors (Lipinski definition) is 0. The summed E-state index contributed by atoms with van der Waals surface area (Å²) >= 11 is 0. The molecule has 0 aliphatic heterocycles. The molecule has 0 aliphatic carbocycles. The van der Waals surface area contributed by atoms with Gasteiger partial charge in [0.15, 0.2) is 5.82 Å². The lowest BCUT2D eigenvalue weighted by Crippen LogP contribution is -2.23. The number of aryl methyl sites for hydroxylation is 1. The Kier molecular flexibility index (Phi) is 4.24. The molecule has 0 bridgehead atoms. The lowest BCUT2D eigenvalue weighted by molar-refractivity contribution is 0.415. The molecule has 5 aromatic rings. The number of fused-ring (bicyclic) bond motifs is 3. The molecule has 10 heteroatoms. The van der Waals surface area contributed by atoms with Gasteiger partial charge in [-0.25, -0.2) is 0 Å². The molecule has 0 atom stereocenters. The lowest BCUT2D eigenvalue weighted by atomic mass is 10.2. The zero-order chi connectivity index (χ0) is 20.7. The SMILES string of the molecule is CCn1c(=O)c2ccccc2n2c(Cn3nnc(-c4cccc(OC)c4)n3)nnc12. The molecule has 0 amide bonds. The fraction of sp³-hybridized carbons (Fsp3) is 0.200. The number of aromatic nitrogens is 8. The molecule has 5 rings (SSSR count). The predicted molar refractivity (Wildman–Crippen MR) is 109 cm³/mol. The quantitative estimate of drug-likeness (QED) is 0.441. The summed E-state index contributed by atoms with van der Waals surface area (Å²) in [6.45, 7) is 2.65. The van der Waals surface area contributed by atoms with Gasteiger partial charge in [0, 0.05) is 12.1 Å². The molecule has 10 nitrogen and oxygen atoms in total. The van der Waals surface area contributed by atoms with E-state index < -0.39 is 0 Å². The Morgan fingerprint density at radius 2 is 1.90 bits per heavy atom.